The van der Waals surface area contributed by atoms with Gasteiger partial charge >= 0.3 is 5.97 Å². The van der Waals surface area contributed by atoms with E-state index in [4.69, 9.17) is 13.6 Å². The van der Waals surface area contributed by atoms with Crippen LogP contribution in [0.3, 0.4) is 0 Å². The Morgan fingerprint density at radius 1 is 1.43 bits per heavy atom. The molecule has 6 heteroatoms. The molecule has 1 N–H and O–H groups in total. The maximum Gasteiger partial charge on any atom is 0.359 e. The first-order valence-corrected chi connectivity index (χ1v) is 10.1. The van der Waals surface area contributed by atoms with Gasteiger partial charge in [-0.05, 0) is 61.4 Å². The van der Waals surface area contributed by atoms with E-state index in [1.54, 1.807) is 22.8 Å². The van der Waals surface area contributed by atoms with Crippen molar-refractivity contribution in [3.8, 4) is 5.75 Å². The molecular weight excluding hydrogens is 356 g/mol. The summed E-state index contributed by atoms with van der Waals surface area (Å²) in [6.45, 7) is 4.03. The van der Waals surface area contributed by atoms with Crippen molar-refractivity contribution in [2.75, 3.05) is 27.2 Å². The van der Waals surface area contributed by atoms with Crippen LogP contribution >= 0.6 is 0 Å². The number of aliphatic hydroxyl groups is 1. The van der Waals surface area contributed by atoms with Crippen LogP contribution < -0.4 is 4.74 Å². The van der Waals surface area contributed by atoms with Crippen molar-refractivity contribution in [3.63, 3.8) is 0 Å². The molecule has 4 heterocycles. The fourth-order valence-corrected chi connectivity index (χ4v) is 6.19. The third-order valence-electron chi connectivity index (χ3n) is 7.36. The molecule has 2 aromatic rings. The molecule has 0 amide bonds. The van der Waals surface area contributed by atoms with Gasteiger partial charge in [0, 0.05) is 24.0 Å². The number of hydrogen-bond acceptors (Lipinski definition) is 5. The molecule has 0 radical (unpaired) electrons. The van der Waals surface area contributed by atoms with Gasteiger partial charge in [-0.3, -0.25) is 4.90 Å². The Kier molecular flexibility index (Phi) is 3.17. The largest absolute Gasteiger partial charge is 0.497 e. The fraction of sp³-hybridized carbons (Fsp3) is 0.591. The van der Waals surface area contributed by atoms with Gasteiger partial charge in [-0.25, -0.2) is 4.79 Å². The molecule has 5 rings (SSSR count). The van der Waals surface area contributed by atoms with Gasteiger partial charge in [0.25, 0.3) is 0 Å². The molecule has 3 aliphatic heterocycles. The minimum atomic E-state index is -2.55. The molecule has 150 valence electrons. The van der Waals surface area contributed by atoms with Crippen molar-refractivity contribution in [1.82, 2.24) is 9.47 Å². The first-order chi connectivity index (χ1) is 14.6. The van der Waals surface area contributed by atoms with Crippen LogP contribution in [0.15, 0.2) is 18.2 Å². The van der Waals surface area contributed by atoms with E-state index in [0.717, 1.165) is 55.4 Å². The summed E-state index contributed by atoms with van der Waals surface area (Å²) in [5.74, 6) is -0.412. The van der Waals surface area contributed by atoms with Crippen molar-refractivity contribution >= 4 is 16.9 Å². The second kappa shape index (κ2) is 5.97. The van der Waals surface area contributed by atoms with E-state index in [-0.39, 0.29) is 17.2 Å². The van der Waals surface area contributed by atoms with Crippen LogP contribution in [-0.4, -0.2) is 47.8 Å². The number of methoxy groups -OCH3 is 2. The number of carbonyl (C=O) groups excluding carboxylic acids is 1. The Morgan fingerprint density at radius 3 is 3.04 bits per heavy atom. The van der Waals surface area contributed by atoms with Crippen LogP contribution in [0, 0.1) is 5.41 Å². The second-order valence-electron chi connectivity index (χ2n) is 8.47. The van der Waals surface area contributed by atoms with Gasteiger partial charge in [-0.2, -0.15) is 0 Å². The molecule has 1 fully saturated rings. The second-order valence-corrected chi connectivity index (χ2v) is 8.47. The van der Waals surface area contributed by atoms with Gasteiger partial charge in [0.2, 0.25) is 5.72 Å². The highest BCUT2D eigenvalue weighted by Crippen LogP contribution is 2.60. The van der Waals surface area contributed by atoms with Gasteiger partial charge in [0.05, 0.1) is 29.8 Å². The van der Waals surface area contributed by atoms with Crippen molar-refractivity contribution in [2.45, 2.75) is 50.8 Å². The number of fused-ring (bicyclic) bond motifs is 3. The Hall–Kier alpha value is -2.05. The molecular formula is C22H28N2O4. The number of nitrogens with zero attached hydrogens (tertiary/aromatic N) is 2. The molecule has 0 aliphatic carbocycles. The number of piperidine rings is 1. The zero-order chi connectivity index (χ0) is 22.2. The van der Waals surface area contributed by atoms with Gasteiger partial charge in [0.15, 0.2) is 0 Å². The van der Waals surface area contributed by atoms with Gasteiger partial charge in [-0.15, -0.1) is 0 Å². The normalized spacial score (nSPS) is 33.5. The summed E-state index contributed by atoms with van der Waals surface area (Å²) in [5.41, 5.74) is 0.702. The fourth-order valence-electron chi connectivity index (χ4n) is 6.19. The summed E-state index contributed by atoms with van der Waals surface area (Å²) in [4.78, 5) is 15.5. The van der Waals surface area contributed by atoms with E-state index in [2.05, 4.69) is 11.8 Å². The quantitative estimate of drug-likeness (QED) is 0.821. The molecule has 1 aromatic carbocycles. The van der Waals surface area contributed by atoms with E-state index >= 15 is 0 Å². The smallest absolute Gasteiger partial charge is 0.359 e. The highest BCUT2D eigenvalue weighted by atomic mass is 16.5. The molecule has 6 nitrogen and oxygen atoms in total. The van der Waals surface area contributed by atoms with Crippen LogP contribution in [0.25, 0.3) is 10.9 Å². The maximum absolute atomic E-state index is 13.0. The van der Waals surface area contributed by atoms with Crippen molar-refractivity contribution in [3.05, 3.63) is 29.5 Å². The number of rotatable bonds is 3. The molecule has 0 unspecified atom stereocenters. The van der Waals surface area contributed by atoms with E-state index in [9.17, 15) is 9.90 Å². The van der Waals surface area contributed by atoms with E-state index in [0.29, 0.717) is 11.9 Å². The molecule has 0 spiro atoms. The topological polar surface area (TPSA) is 63.9 Å². The predicted molar refractivity (Wildman–Crippen MR) is 105 cm³/mol. The van der Waals surface area contributed by atoms with Gasteiger partial charge in [0.1, 0.15) is 5.75 Å². The SMILES string of the molecule is [2H]C([2H])([2H])Oc1ccc2c(c1)c1c3n2[C@@](O)(C(=O)OC)C[C@]2(CC)CCCN(CC1)[C@H]32. The monoisotopic (exact) mass is 387 g/mol. The highest BCUT2D eigenvalue weighted by Gasteiger charge is 2.60. The van der Waals surface area contributed by atoms with E-state index in [1.165, 1.54) is 7.11 Å². The third kappa shape index (κ3) is 2.08. The number of esters is 1. The van der Waals surface area contributed by atoms with Crippen LogP contribution in [0.4, 0.5) is 0 Å². The molecule has 28 heavy (non-hydrogen) atoms. The number of hydrogen-bond donors (Lipinski definition) is 1. The predicted octanol–water partition coefficient (Wildman–Crippen LogP) is 2.96. The highest BCUT2D eigenvalue weighted by molar-refractivity contribution is 5.91. The standard InChI is InChI=1S/C22H28N2O4/c1-4-21-9-5-10-23-11-8-15-16-12-14(27-2)6-7-17(16)24(18(15)19(21)23)22(26,13-21)20(25)28-3/h6-7,12,19,26H,4-5,8-11,13H2,1-3H3/t19-,21+,22+/m1/s1/i2D3. The van der Waals surface area contributed by atoms with E-state index < -0.39 is 18.7 Å². The summed E-state index contributed by atoms with van der Waals surface area (Å²) in [6.07, 6.45) is 3.89. The molecule has 3 aliphatic rings. The number of aromatic nitrogens is 1. The third-order valence-corrected chi connectivity index (χ3v) is 7.36. The first kappa shape index (κ1) is 14.9. The van der Waals surface area contributed by atoms with Crippen molar-refractivity contribution in [2.24, 2.45) is 5.41 Å². The summed E-state index contributed by atoms with van der Waals surface area (Å²) in [6, 6.07) is 5.17. The summed E-state index contributed by atoms with van der Waals surface area (Å²) in [5, 5.41) is 12.7. The van der Waals surface area contributed by atoms with Crippen LogP contribution in [0.5, 0.6) is 5.75 Å². The van der Waals surface area contributed by atoms with Crippen LogP contribution in [-0.2, 0) is 21.7 Å². The first-order valence-electron chi connectivity index (χ1n) is 11.6. The Morgan fingerprint density at radius 2 is 2.29 bits per heavy atom. The molecule has 3 atom stereocenters. The molecule has 0 bridgehead atoms. The maximum atomic E-state index is 13.0. The van der Waals surface area contributed by atoms with Gasteiger partial charge < -0.3 is 19.1 Å². The lowest BCUT2D eigenvalue weighted by Crippen LogP contribution is -2.60. The minimum absolute atomic E-state index is 0.110. The summed E-state index contributed by atoms with van der Waals surface area (Å²) < 4.78 is 34.3. The molecule has 1 aromatic heterocycles. The lowest BCUT2D eigenvalue weighted by Gasteiger charge is -2.57. The van der Waals surface area contributed by atoms with Gasteiger partial charge in [-0.1, -0.05) is 6.92 Å². The Balaban J connectivity index is 1.81. The van der Waals surface area contributed by atoms with Crippen molar-refractivity contribution in [1.29, 1.82) is 0 Å². The zero-order valence-electron chi connectivity index (χ0n) is 19.3. The summed E-state index contributed by atoms with van der Waals surface area (Å²) in [7, 11) is -1.24. The molecule has 1 saturated heterocycles. The zero-order valence-corrected chi connectivity index (χ0v) is 16.3. The lowest BCUT2D eigenvalue weighted by molar-refractivity contribution is -0.194. The molecule has 0 saturated carbocycles. The summed E-state index contributed by atoms with van der Waals surface area (Å²) >= 11 is 0. The number of carbonyl (C=O) groups is 1. The Bertz CT molecular complexity index is 1070. The average Bonchev–Trinajstić information content (AvgIpc) is 3.06. The van der Waals surface area contributed by atoms with E-state index in [1.807, 2.05) is 0 Å². The average molecular weight is 387 g/mol. The Labute approximate surface area is 169 Å². The van der Waals surface area contributed by atoms with Crippen LogP contribution in [0.2, 0.25) is 0 Å². The number of benzene rings is 1. The van der Waals surface area contributed by atoms with Crippen LogP contribution in [0.1, 0.15) is 54.0 Å². The number of ether oxygens (including phenoxy) is 2. The van der Waals surface area contributed by atoms with Crippen molar-refractivity contribution < 1.29 is 23.5 Å². The lowest BCUT2D eigenvalue weighted by atomic mass is 9.62. The minimum Gasteiger partial charge on any atom is -0.497 e.